The van der Waals surface area contributed by atoms with Crippen molar-refractivity contribution in [3.8, 4) is 0 Å². The Bertz CT molecular complexity index is 191. The molecule has 2 atom stereocenters. The molecule has 0 heterocycles. The topological polar surface area (TPSA) is 47.3 Å². The quantitative estimate of drug-likeness (QED) is 0.533. The Labute approximate surface area is 106 Å². The minimum Gasteiger partial charge on any atom is -0.382 e. The van der Waals surface area contributed by atoms with Crippen molar-refractivity contribution in [1.82, 2.24) is 5.43 Å². The molecule has 0 radical (unpaired) electrons. The first-order valence-corrected chi connectivity index (χ1v) is 7.20. The third-order valence-corrected chi connectivity index (χ3v) is 4.54. The van der Waals surface area contributed by atoms with E-state index in [9.17, 15) is 0 Å². The van der Waals surface area contributed by atoms with Gasteiger partial charge in [-0.25, -0.2) is 0 Å². The molecule has 3 nitrogen and oxygen atoms in total. The van der Waals surface area contributed by atoms with Gasteiger partial charge in [-0.05, 0) is 44.4 Å². The number of nitrogens with two attached hydrogens (primary N) is 1. The molecule has 3 heteroatoms. The van der Waals surface area contributed by atoms with E-state index >= 15 is 0 Å². The van der Waals surface area contributed by atoms with E-state index in [1.54, 1.807) is 7.11 Å². The third-order valence-electron chi connectivity index (χ3n) is 4.54. The van der Waals surface area contributed by atoms with Gasteiger partial charge in [-0.1, -0.05) is 26.2 Å². The van der Waals surface area contributed by atoms with Gasteiger partial charge in [0.15, 0.2) is 0 Å². The lowest BCUT2D eigenvalue weighted by atomic mass is 9.76. The summed E-state index contributed by atoms with van der Waals surface area (Å²) in [7, 11) is 1.78. The molecule has 1 aliphatic carbocycles. The fourth-order valence-electron chi connectivity index (χ4n) is 2.99. The van der Waals surface area contributed by atoms with Crippen LogP contribution in [-0.2, 0) is 4.74 Å². The van der Waals surface area contributed by atoms with Crippen molar-refractivity contribution in [2.24, 2.45) is 17.7 Å². The lowest BCUT2D eigenvalue weighted by Gasteiger charge is -2.33. The molecule has 102 valence electrons. The molecule has 0 aromatic carbocycles. The molecule has 2 unspecified atom stereocenters. The van der Waals surface area contributed by atoms with Gasteiger partial charge in [-0.3, -0.25) is 11.3 Å². The number of hydrogen-bond acceptors (Lipinski definition) is 3. The number of methoxy groups -OCH3 is 1. The Morgan fingerprint density at radius 1 is 1.24 bits per heavy atom. The lowest BCUT2D eigenvalue weighted by Crippen LogP contribution is -2.42. The average Bonchev–Trinajstić information content (AvgIpc) is 2.39. The second-order valence-electron chi connectivity index (χ2n) is 5.59. The van der Waals surface area contributed by atoms with Crippen molar-refractivity contribution in [1.29, 1.82) is 0 Å². The number of nitrogens with one attached hydrogen (secondary N) is 1. The summed E-state index contributed by atoms with van der Waals surface area (Å²) in [5.41, 5.74) is 3.03. The predicted molar refractivity (Wildman–Crippen MR) is 72.6 cm³/mol. The zero-order valence-corrected chi connectivity index (χ0v) is 11.7. The Morgan fingerprint density at radius 3 is 2.35 bits per heavy atom. The van der Waals surface area contributed by atoms with Gasteiger partial charge in [0.2, 0.25) is 0 Å². The smallest absolute Gasteiger partial charge is 0.0543 e. The Balaban J connectivity index is 2.30. The highest BCUT2D eigenvalue weighted by Gasteiger charge is 2.26. The van der Waals surface area contributed by atoms with Crippen LogP contribution in [0.2, 0.25) is 0 Å². The molecule has 0 spiro atoms. The summed E-state index contributed by atoms with van der Waals surface area (Å²) >= 11 is 0. The van der Waals surface area contributed by atoms with E-state index in [0.717, 1.165) is 24.7 Å². The summed E-state index contributed by atoms with van der Waals surface area (Å²) in [5.74, 6) is 7.44. The molecule has 17 heavy (non-hydrogen) atoms. The van der Waals surface area contributed by atoms with Crippen LogP contribution in [0.25, 0.3) is 0 Å². The first kappa shape index (κ1) is 14.9. The van der Waals surface area contributed by atoms with E-state index in [4.69, 9.17) is 10.6 Å². The SMILES string of the molecule is CCC1CCC(C(CCC(C)OC)NN)CC1. The van der Waals surface area contributed by atoms with Crippen LogP contribution in [-0.4, -0.2) is 19.3 Å². The summed E-state index contributed by atoms with van der Waals surface area (Å²) in [6.07, 6.45) is 9.37. The van der Waals surface area contributed by atoms with Crippen LogP contribution in [0.5, 0.6) is 0 Å². The molecule has 0 amide bonds. The molecule has 0 aromatic heterocycles. The molecular weight excluding hydrogens is 212 g/mol. The van der Waals surface area contributed by atoms with Crippen molar-refractivity contribution < 1.29 is 4.74 Å². The van der Waals surface area contributed by atoms with Crippen LogP contribution >= 0.6 is 0 Å². The number of rotatable bonds is 7. The summed E-state index contributed by atoms with van der Waals surface area (Å²) in [6, 6.07) is 0.477. The van der Waals surface area contributed by atoms with Gasteiger partial charge in [0.1, 0.15) is 0 Å². The summed E-state index contributed by atoms with van der Waals surface area (Å²) in [4.78, 5) is 0. The van der Waals surface area contributed by atoms with Gasteiger partial charge < -0.3 is 4.74 Å². The van der Waals surface area contributed by atoms with Crippen molar-refractivity contribution >= 4 is 0 Å². The largest absolute Gasteiger partial charge is 0.382 e. The molecule has 3 N–H and O–H groups in total. The maximum absolute atomic E-state index is 5.71. The van der Waals surface area contributed by atoms with Crippen molar-refractivity contribution in [2.45, 2.75) is 70.9 Å². The minimum atomic E-state index is 0.345. The van der Waals surface area contributed by atoms with Crippen molar-refractivity contribution in [2.75, 3.05) is 7.11 Å². The maximum atomic E-state index is 5.71. The van der Waals surface area contributed by atoms with Crippen LogP contribution in [0, 0.1) is 11.8 Å². The fraction of sp³-hybridized carbons (Fsp3) is 1.00. The number of hydrogen-bond donors (Lipinski definition) is 2. The highest BCUT2D eigenvalue weighted by Crippen LogP contribution is 2.33. The van der Waals surface area contributed by atoms with Gasteiger partial charge in [-0.15, -0.1) is 0 Å². The highest BCUT2D eigenvalue weighted by atomic mass is 16.5. The molecule has 0 aromatic rings. The van der Waals surface area contributed by atoms with E-state index < -0.39 is 0 Å². The Kier molecular flexibility index (Phi) is 7.09. The van der Waals surface area contributed by atoms with Gasteiger partial charge in [-0.2, -0.15) is 0 Å². The van der Waals surface area contributed by atoms with E-state index in [2.05, 4.69) is 19.3 Å². The van der Waals surface area contributed by atoms with Gasteiger partial charge >= 0.3 is 0 Å². The summed E-state index contributed by atoms with van der Waals surface area (Å²) in [5, 5.41) is 0. The fourth-order valence-corrected chi connectivity index (χ4v) is 2.99. The van der Waals surface area contributed by atoms with Crippen LogP contribution in [0.15, 0.2) is 0 Å². The predicted octanol–water partition coefficient (Wildman–Crippen LogP) is 2.85. The zero-order chi connectivity index (χ0) is 12.7. The van der Waals surface area contributed by atoms with Crippen molar-refractivity contribution in [3.63, 3.8) is 0 Å². The average molecular weight is 242 g/mol. The molecule has 1 saturated carbocycles. The third kappa shape index (κ3) is 4.94. The molecule has 1 rings (SSSR count). The molecule has 0 bridgehead atoms. The Morgan fingerprint density at radius 2 is 1.88 bits per heavy atom. The van der Waals surface area contributed by atoms with E-state index in [0.29, 0.717) is 12.1 Å². The minimum absolute atomic E-state index is 0.345. The van der Waals surface area contributed by atoms with E-state index in [1.807, 2.05) is 0 Å². The monoisotopic (exact) mass is 242 g/mol. The molecule has 0 aliphatic heterocycles. The second-order valence-corrected chi connectivity index (χ2v) is 5.59. The van der Waals surface area contributed by atoms with Gasteiger partial charge in [0.25, 0.3) is 0 Å². The molecular formula is C14H30N2O. The molecule has 1 aliphatic rings. The zero-order valence-electron chi connectivity index (χ0n) is 11.7. The second kappa shape index (κ2) is 8.06. The van der Waals surface area contributed by atoms with Crippen molar-refractivity contribution in [3.05, 3.63) is 0 Å². The van der Waals surface area contributed by atoms with E-state index in [1.165, 1.54) is 32.1 Å². The molecule has 0 saturated heterocycles. The summed E-state index contributed by atoms with van der Waals surface area (Å²) in [6.45, 7) is 4.44. The van der Waals surface area contributed by atoms with Gasteiger partial charge in [0, 0.05) is 13.2 Å². The highest BCUT2D eigenvalue weighted by molar-refractivity contribution is 4.81. The summed E-state index contributed by atoms with van der Waals surface area (Å²) < 4.78 is 5.30. The lowest BCUT2D eigenvalue weighted by molar-refractivity contribution is 0.0998. The number of hydrazine groups is 1. The maximum Gasteiger partial charge on any atom is 0.0543 e. The van der Waals surface area contributed by atoms with Crippen LogP contribution in [0.4, 0.5) is 0 Å². The first-order valence-electron chi connectivity index (χ1n) is 7.20. The van der Waals surface area contributed by atoms with Crippen LogP contribution < -0.4 is 11.3 Å². The number of ether oxygens (including phenoxy) is 1. The standard InChI is InChI=1S/C14H30N2O/c1-4-12-6-8-13(9-7-12)14(16-15)10-5-11(2)17-3/h11-14,16H,4-10,15H2,1-3H3. The van der Waals surface area contributed by atoms with Crippen LogP contribution in [0.1, 0.15) is 58.8 Å². The Hall–Kier alpha value is -0.120. The van der Waals surface area contributed by atoms with Crippen LogP contribution in [0.3, 0.4) is 0 Å². The van der Waals surface area contributed by atoms with E-state index in [-0.39, 0.29) is 0 Å². The molecule has 1 fully saturated rings. The normalized spacial score (nSPS) is 28.9. The first-order chi connectivity index (χ1) is 8.21. The van der Waals surface area contributed by atoms with Gasteiger partial charge in [0.05, 0.1) is 6.10 Å².